The molecule has 2 aromatic heterocycles. The predicted octanol–water partition coefficient (Wildman–Crippen LogP) is 3.89. The first-order chi connectivity index (χ1) is 14.2. The number of carbonyl (C=O) groups excluding carboxylic acids is 1. The number of benzene rings is 1. The molecular weight excluding hydrogens is 391 g/mol. The van der Waals surface area contributed by atoms with E-state index >= 15 is 0 Å². The lowest BCUT2D eigenvalue weighted by Gasteiger charge is -2.14. The molecule has 8 heteroatoms. The van der Waals surface area contributed by atoms with E-state index in [1.807, 2.05) is 18.2 Å². The summed E-state index contributed by atoms with van der Waals surface area (Å²) in [6.07, 6.45) is 7.00. The van der Waals surface area contributed by atoms with Gasteiger partial charge < -0.3 is 4.42 Å². The molecule has 1 aliphatic heterocycles. The van der Waals surface area contributed by atoms with Gasteiger partial charge in [0.05, 0.1) is 24.3 Å². The maximum absolute atomic E-state index is 13.2. The van der Waals surface area contributed by atoms with E-state index < -0.39 is 0 Å². The summed E-state index contributed by atoms with van der Waals surface area (Å²) in [5.74, 6) is 0.284. The molecule has 1 atom stereocenters. The minimum Gasteiger partial charge on any atom is -0.467 e. The zero-order chi connectivity index (χ0) is 20.1. The van der Waals surface area contributed by atoms with Gasteiger partial charge in [-0.05, 0) is 53.9 Å². The highest BCUT2D eigenvalue weighted by molar-refractivity contribution is 8.15. The van der Waals surface area contributed by atoms with Crippen LogP contribution >= 0.6 is 11.8 Å². The highest BCUT2D eigenvalue weighted by Crippen LogP contribution is 2.31. The molecule has 1 saturated heterocycles. The van der Waals surface area contributed by atoms with Crippen molar-refractivity contribution in [3.05, 3.63) is 89.9 Å². The standard InChI is InChI=1S/C21H17FN4O2S/c22-17-5-3-15(4-6-17)12-19-20(27)26(14-18-2-1-11-28-18)21(29-19)25-24-13-16-7-9-23-10-8-16/h1-11,13,19H,12,14H2. The topological polar surface area (TPSA) is 71.1 Å². The van der Waals surface area contributed by atoms with E-state index in [9.17, 15) is 9.18 Å². The van der Waals surface area contributed by atoms with E-state index in [0.717, 1.165) is 11.1 Å². The van der Waals surface area contributed by atoms with Crippen LogP contribution in [0.25, 0.3) is 0 Å². The normalized spacial score (nSPS) is 18.2. The zero-order valence-electron chi connectivity index (χ0n) is 15.3. The molecule has 0 spiro atoms. The fourth-order valence-corrected chi connectivity index (χ4v) is 3.98. The summed E-state index contributed by atoms with van der Waals surface area (Å²) in [5, 5.41) is 8.55. The van der Waals surface area contributed by atoms with Crippen LogP contribution in [0.3, 0.4) is 0 Å². The maximum atomic E-state index is 13.2. The molecule has 3 aromatic rings. The fraction of sp³-hybridized carbons (Fsp3) is 0.143. The molecule has 4 rings (SSSR count). The van der Waals surface area contributed by atoms with E-state index in [2.05, 4.69) is 15.2 Å². The molecule has 1 fully saturated rings. The minimum absolute atomic E-state index is 0.0754. The Morgan fingerprint density at radius 3 is 2.69 bits per heavy atom. The number of aromatic nitrogens is 1. The Balaban J connectivity index is 1.54. The van der Waals surface area contributed by atoms with Crippen molar-refractivity contribution in [2.45, 2.75) is 18.2 Å². The number of halogens is 1. The molecule has 3 heterocycles. The van der Waals surface area contributed by atoms with Gasteiger partial charge in [-0.1, -0.05) is 23.9 Å². The van der Waals surface area contributed by atoms with Crippen LogP contribution in [-0.2, 0) is 17.8 Å². The lowest BCUT2D eigenvalue weighted by molar-refractivity contribution is -0.126. The van der Waals surface area contributed by atoms with Gasteiger partial charge in [0.2, 0.25) is 5.91 Å². The molecule has 1 amide bonds. The second kappa shape index (κ2) is 8.83. The molecule has 0 saturated carbocycles. The van der Waals surface area contributed by atoms with Gasteiger partial charge in [0.25, 0.3) is 0 Å². The van der Waals surface area contributed by atoms with Gasteiger partial charge in [-0.3, -0.25) is 14.7 Å². The van der Waals surface area contributed by atoms with Crippen LogP contribution in [0.2, 0.25) is 0 Å². The monoisotopic (exact) mass is 408 g/mol. The summed E-state index contributed by atoms with van der Waals surface area (Å²) in [6, 6.07) is 13.4. The van der Waals surface area contributed by atoms with Gasteiger partial charge in [0.15, 0.2) is 5.17 Å². The van der Waals surface area contributed by atoms with E-state index in [-0.39, 0.29) is 23.5 Å². The number of hydrogen-bond donors (Lipinski definition) is 0. The number of amides is 1. The first kappa shape index (κ1) is 19.1. The third kappa shape index (κ3) is 4.78. The molecule has 6 nitrogen and oxygen atoms in total. The Labute approximate surface area is 171 Å². The molecule has 0 N–H and O–H groups in total. The van der Waals surface area contributed by atoms with Crippen molar-refractivity contribution in [3.8, 4) is 0 Å². The smallest absolute Gasteiger partial charge is 0.242 e. The SMILES string of the molecule is O=C1C(Cc2ccc(F)cc2)SC(=NN=Cc2ccncc2)N1Cc1ccco1. The van der Waals surface area contributed by atoms with Crippen molar-refractivity contribution >= 4 is 29.1 Å². The molecule has 0 aliphatic carbocycles. The lowest BCUT2D eigenvalue weighted by atomic mass is 10.1. The van der Waals surface area contributed by atoms with E-state index in [0.29, 0.717) is 17.3 Å². The van der Waals surface area contributed by atoms with Gasteiger partial charge >= 0.3 is 0 Å². The first-order valence-electron chi connectivity index (χ1n) is 8.95. The summed E-state index contributed by atoms with van der Waals surface area (Å²) in [4.78, 5) is 18.5. The highest BCUT2D eigenvalue weighted by Gasteiger charge is 2.38. The zero-order valence-corrected chi connectivity index (χ0v) is 16.1. The average Bonchev–Trinajstić information content (AvgIpc) is 3.35. The second-order valence-corrected chi connectivity index (χ2v) is 7.52. The molecule has 1 aliphatic rings. The van der Waals surface area contributed by atoms with Crippen molar-refractivity contribution in [1.82, 2.24) is 9.88 Å². The molecule has 1 unspecified atom stereocenters. The van der Waals surface area contributed by atoms with Gasteiger partial charge in [0.1, 0.15) is 11.6 Å². The van der Waals surface area contributed by atoms with Gasteiger partial charge in [0, 0.05) is 12.4 Å². The van der Waals surface area contributed by atoms with Crippen LogP contribution in [0.4, 0.5) is 4.39 Å². The van der Waals surface area contributed by atoms with Crippen LogP contribution in [0.5, 0.6) is 0 Å². The van der Waals surface area contributed by atoms with Gasteiger partial charge in [-0.2, -0.15) is 5.10 Å². The third-order valence-corrected chi connectivity index (χ3v) is 5.47. The number of thioether (sulfide) groups is 1. The van der Waals surface area contributed by atoms with Crippen LogP contribution < -0.4 is 0 Å². The van der Waals surface area contributed by atoms with Crippen molar-refractivity contribution < 1.29 is 13.6 Å². The lowest BCUT2D eigenvalue weighted by Crippen LogP contribution is -2.32. The van der Waals surface area contributed by atoms with Gasteiger partial charge in [-0.25, -0.2) is 4.39 Å². The number of hydrogen-bond acceptors (Lipinski definition) is 6. The van der Waals surface area contributed by atoms with E-state index in [1.54, 1.807) is 48.0 Å². The Morgan fingerprint density at radius 1 is 1.17 bits per heavy atom. The Morgan fingerprint density at radius 2 is 1.97 bits per heavy atom. The summed E-state index contributed by atoms with van der Waals surface area (Å²) in [5.41, 5.74) is 1.75. The number of pyridine rings is 1. The third-order valence-electron chi connectivity index (χ3n) is 4.30. The van der Waals surface area contributed by atoms with Crippen molar-refractivity contribution in [3.63, 3.8) is 0 Å². The number of carbonyl (C=O) groups is 1. The molecule has 29 heavy (non-hydrogen) atoms. The molecule has 1 aromatic carbocycles. The van der Waals surface area contributed by atoms with Gasteiger partial charge in [-0.15, -0.1) is 5.10 Å². The van der Waals surface area contributed by atoms with Crippen LogP contribution in [0.15, 0.2) is 81.8 Å². The molecule has 146 valence electrons. The molecular formula is C21H17FN4O2S. The Hall–Kier alpha value is -3.26. The maximum Gasteiger partial charge on any atom is 0.242 e. The second-order valence-electron chi connectivity index (χ2n) is 6.35. The summed E-state index contributed by atoms with van der Waals surface area (Å²) < 4.78 is 18.5. The number of nitrogens with zero attached hydrogens (tertiary/aromatic N) is 4. The summed E-state index contributed by atoms with van der Waals surface area (Å²) in [6.45, 7) is 0.280. The van der Waals surface area contributed by atoms with Crippen molar-refractivity contribution in [2.24, 2.45) is 10.2 Å². The van der Waals surface area contributed by atoms with Crippen LogP contribution in [0, 0.1) is 5.82 Å². The van der Waals surface area contributed by atoms with Crippen molar-refractivity contribution in [1.29, 1.82) is 0 Å². The van der Waals surface area contributed by atoms with Crippen LogP contribution in [-0.4, -0.2) is 32.4 Å². The van der Waals surface area contributed by atoms with E-state index in [1.165, 1.54) is 23.9 Å². The van der Waals surface area contributed by atoms with Crippen LogP contribution in [0.1, 0.15) is 16.9 Å². The Kier molecular flexibility index (Phi) is 5.81. The number of amidine groups is 1. The van der Waals surface area contributed by atoms with E-state index in [4.69, 9.17) is 4.42 Å². The fourth-order valence-electron chi connectivity index (χ4n) is 2.85. The number of rotatable bonds is 6. The Bertz CT molecular complexity index is 1020. The quantitative estimate of drug-likeness (QED) is 0.458. The summed E-state index contributed by atoms with van der Waals surface area (Å²) in [7, 11) is 0. The molecule has 0 radical (unpaired) electrons. The average molecular weight is 408 g/mol. The van der Waals surface area contributed by atoms with Crippen molar-refractivity contribution in [2.75, 3.05) is 0 Å². The predicted molar refractivity (Wildman–Crippen MR) is 110 cm³/mol. The highest BCUT2D eigenvalue weighted by atomic mass is 32.2. The summed E-state index contributed by atoms with van der Waals surface area (Å²) >= 11 is 1.35. The first-order valence-corrected chi connectivity index (χ1v) is 9.83. The largest absolute Gasteiger partial charge is 0.467 e. The number of furan rings is 1. The molecule has 0 bridgehead atoms. The minimum atomic E-state index is -0.356.